The molecule has 0 spiro atoms. The summed E-state index contributed by atoms with van der Waals surface area (Å²) in [4.78, 5) is 11.9. The third kappa shape index (κ3) is 2.87. The monoisotopic (exact) mass is 211 g/mol. The van der Waals surface area contributed by atoms with Crippen LogP contribution in [0.15, 0.2) is 0 Å². The summed E-state index contributed by atoms with van der Waals surface area (Å²) in [5.74, 6) is -4.04. The van der Waals surface area contributed by atoms with Gasteiger partial charge in [-0.25, -0.2) is 0 Å². The fraction of sp³-hybridized carbons (Fsp3) is 0.875. The maximum Gasteiger partial charge on any atom is 0.403 e. The number of rotatable bonds is 3. The average molecular weight is 211 g/mol. The van der Waals surface area contributed by atoms with Crippen LogP contribution >= 0.6 is 0 Å². The van der Waals surface area contributed by atoms with Gasteiger partial charge in [-0.05, 0) is 25.9 Å². The molecule has 0 amide bonds. The summed E-state index contributed by atoms with van der Waals surface area (Å²) in [6.07, 6.45) is -2.94. The second-order valence-corrected chi connectivity index (χ2v) is 3.44. The molecule has 3 nitrogen and oxygen atoms in total. The second-order valence-electron chi connectivity index (χ2n) is 3.44. The molecule has 0 aromatic rings. The van der Waals surface area contributed by atoms with Gasteiger partial charge in [0.2, 0.25) is 0 Å². The summed E-state index contributed by atoms with van der Waals surface area (Å²) in [6.45, 7) is 0.721. The van der Waals surface area contributed by atoms with Gasteiger partial charge in [-0.15, -0.1) is 0 Å². The maximum atomic E-state index is 12.2. The quantitative estimate of drug-likeness (QED) is 0.765. The zero-order chi connectivity index (χ0) is 10.8. The van der Waals surface area contributed by atoms with Crippen molar-refractivity contribution in [2.45, 2.75) is 19.0 Å². The number of hydrogen-bond acceptors (Lipinski definition) is 2. The van der Waals surface area contributed by atoms with Crippen LogP contribution in [0.3, 0.4) is 0 Å². The highest BCUT2D eigenvalue weighted by Crippen LogP contribution is 2.28. The van der Waals surface area contributed by atoms with Crippen LogP contribution in [0.4, 0.5) is 13.2 Å². The summed E-state index contributed by atoms with van der Waals surface area (Å²) in [6, 6.07) is 0. The van der Waals surface area contributed by atoms with E-state index >= 15 is 0 Å². The van der Waals surface area contributed by atoms with E-state index < -0.39 is 24.6 Å². The van der Waals surface area contributed by atoms with Crippen molar-refractivity contribution in [3.8, 4) is 0 Å². The van der Waals surface area contributed by atoms with Crippen molar-refractivity contribution in [1.29, 1.82) is 0 Å². The number of likely N-dealkylation sites (tertiary alicyclic amines) is 1. The number of nitrogens with zero attached hydrogens (tertiary/aromatic N) is 1. The molecule has 1 aliphatic heterocycles. The van der Waals surface area contributed by atoms with Gasteiger partial charge in [0.05, 0.1) is 0 Å². The van der Waals surface area contributed by atoms with Crippen molar-refractivity contribution in [1.82, 2.24) is 4.90 Å². The lowest BCUT2D eigenvalue weighted by Crippen LogP contribution is -2.40. The van der Waals surface area contributed by atoms with E-state index in [1.807, 2.05) is 0 Å². The van der Waals surface area contributed by atoms with Gasteiger partial charge in [-0.3, -0.25) is 4.79 Å². The fourth-order valence-corrected chi connectivity index (χ4v) is 1.55. The van der Waals surface area contributed by atoms with E-state index in [2.05, 4.69) is 0 Å². The van der Waals surface area contributed by atoms with Crippen LogP contribution in [0.5, 0.6) is 0 Å². The Morgan fingerprint density at radius 3 is 2.21 bits per heavy atom. The Balaban J connectivity index is 2.55. The number of carbonyl (C=O) groups is 1. The smallest absolute Gasteiger partial charge is 0.403 e. The Kier molecular flexibility index (Phi) is 3.36. The normalized spacial score (nSPS) is 21.1. The third-order valence-electron chi connectivity index (χ3n) is 2.33. The first-order valence-corrected chi connectivity index (χ1v) is 4.43. The van der Waals surface area contributed by atoms with Crippen molar-refractivity contribution >= 4 is 5.97 Å². The van der Waals surface area contributed by atoms with Crippen LogP contribution in [-0.4, -0.2) is 41.8 Å². The molecule has 1 aliphatic rings. The van der Waals surface area contributed by atoms with Crippen LogP contribution in [0.25, 0.3) is 0 Å². The minimum absolute atomic E-state index is 0.418. The van der Waals surface area contributed by atoms with Gasteiger partial charge in [0.25, 0.3) is 0 Å². The van der Waals surface area contributed by atoms with Crippen molar-refractivity contribution in [3.05, 3.63) is 0 Å². The second kappa shape index (κ2) is 4.16. The molecule has 0 aromatic carbocycles. The molecule has 0 aliphatic carbocycles. The Hall–Kier alpha value is -0.780. The highest BCUT2D eigenvalue weighted by molar-refractivity contribution is 5.71. The molecular weight excluding hydrogens is 199 g/mol. The summed E-state index contributed by atoms with van der Waals surface area (Å²) >= 11 is 0. The van der Waals surface area contributed by atoms with Crippen LogP contribution in [-0.2, 0) is 4.79 Å². The van der Waals surface area contributed by atoms with Gasteiger partial charge in [0.1, 0.15) is 0 Å². The van der Waals surface area contributed by atoms with Crippen molar-refractivity contribution in [2.24, 2.45) is 5.92 Å². The highest BCUT2D eigenvalue weighted by atomic mass is 19.4. The molecule has 1 N–H and O–H groups in total. The molecule has 0 radical (unpaired) electrons. The van der Waals surface area contributed by atoms with E-state index in [1.54, 1.807) is 4.90 Å². The van der Waals surface area contributed by atoms with E-state index in [0.717, 1.165) is 12.8 Å². The van der Waals surface area contributed by atoms with E-state index in [4.69, 9.17) is 5.11 Å². The van der Waals surface area contributed by atoms with Crippen molar-refractivity contribution in [2.75, 3.05) is 19.6 Å². The molecule has 1 atom stereocenters. The lowest BCUT2D eigenvalue weighted by molar-refractivity contribution is -0.196. The highest BCUT2D eigenvalue weighted by Gasteiger charge is 2.46. The van der Waals surface area contributed by atoms with E-state index in [-0.39, 0.29) is 0 Å². The molecule has 1 heterocycles. The summed E-state index contributed by atoms with van der Waals surface area (Å²) in [5, 5.41) is 8.42. The molecule has 0 bridgehead atoms. The topological polar surface area (TPSA) is 40.5 Å². The van der Waals surface area contributed by atoms with E-state index in [9.17, 15) is 18.0 Å². The first-order chi connectivity index (χ1) is 6.41. The Morgan fingerprint density at radius 2 is 1.86 bits per heavy atom. The van der Waals surface area contributed by atoms with Crippen LogP contribution in [0, 0.1) is 5.92 Å². The lowest BCUT2D eigenvalue weighted by atomic mass is 10.1. The van der Waals surface area contributed by atoms with Crippen LogP contribution < -0.4 is 0 Å². The van der Waals surface area contributed by atoms with E-state index in [1.165, 1.54) is 0 Å². The van der Waals surface area contributed by atoms with Crippen molar-refractivity contribution < 1.29 is 23.1 Å². The molecule has 1 fully saturated rings. The Bertz CT molecular complexity index is 211. The molecule has 14 heavy (non-hydrogen) atoms. The number of carboxylic acids is 1. The number of halogens is 3. The maximum absolute atomic E-state index is 12.2. The zero-order valence-corrected chi connectivity index (χ0v) is 7.55. The molecule has 1 saturated heterocycles. The van der Waals surface area contributed by atoms with Gasteiger partial charge < -0.3 is 10.0 Å². The largest absolute Gasteiger partial charge is 0.481 e. The zero-order valence-electron chi connectivity index (χ0n) is 7.55. The minimum Gasteiger partial charge on any atom is -0.481 e. The first kappa shape index (κ1) is 11.3. The molecular formula is C8H12F3NO2. The summed E-state index contributed by atoms with van der Waals surface area (Å²) in [5.41, 5.74) is 0. The Morgan fingerprint density at radius 1 is 1.36 bits per heavy atom. The molecule has 0 saturated carbocycles. The van der Waals surface area contributed by atoms with Gasteiger partial charge >= 0.3 is 12.1 Å². The van der Waals surface area contributed by atoms with Gasteiger partial charge in [-0.2, -0.15) is 13.2 Å². The summed E-state index contributed by atoms with van der Waals surface area (Å²) < 4.78 is 36.7. The van der Waals surface area contributed by atoms with Crippen molar-refractivity contribution in [3.63, 3.8) is 0 Å². The lowest BCUT2D eigenvalue weighted by Gasteiger charge is -2.22. The van der Waals surface area contributed by atoms with Gasteiger partial charge in [0, 0.05) is 6.54 Å². The van der Waals surface area contributed by atoms with Crippen LogP contribution in [0.1, 0.15) is 12.8 Å². The predicted molar refractivity (Wildman–Crippen MR) is 42.9 cm³/mol. The molecule has 0 unspecified atom stereocenters. The minimum atomic E-state index is -4.64. The number of carboxylic acid groups (broad SMARTS) is 1. The van der Waals surface area contributed by atoms with Crippen LogP contribution in [0.2, 0.25) is 0 Å². The first-order valence-electron chi connectivity index (χ1n) is 4.43. The molecule has 6 heteroatoms. The molecule has 1 rings (SSSR count). The third-order valence-corrected chi connectivity index (χ3v) is 2.33. The van der Waals surface area contributed by atoms with Gasteiger partial charge in [-0.1, -0.05) is 0 Å². The Labute approximate surface area is 79.5 Å². The molecule has 82 valence electrons. The number of alkyl halides is 3. The number of hydrogen-bond donors (Lipinski definition) is 1. The van der Waals surface area contributed by atoms with Gasteiger partial charge in [0.15, 0.2) is 5.92 Å². The average Bonchev–Trinajstić information content (AvgIpc) is 2.48. The summed E-state index contributed by atoms with van der Waals surface area (Å²) in [7, 11) is 0. The number of aliphatic carboxylic acids is 1. The predicted octanol–water partition coefficient (Wildman–Crippen LogP) is 1.35. The fourth-order valence-electron chi connectivity index (χ4n) is 1.55. The molecule has 0 aromatic heterocycles. The SMILES string of the molecule is O=C(O)[C@H](CN1CCCC1)C(F)(F)F. The standard InChI is InChI=1S/C8H12F3NO2/c9-8(10,11)6(7(13)14)5-12-3-1-2-4-12/h6H,1-5H2,(H,13,14)/t6-/m0/s1. The van der Waals surface area contributed by atoms with E-state index in [0.29, 0.717) is 13.1 Å².